The smallest absolute Gasteiger partial charge is 0.318 e. The monoisotopic (exact) mass is 324 g/mol. The molecule has 0 aromatic carbocycles. The maximum atomic E-state index is 12.6. The molecule has 2 amide bonds. The van der Waals surface area contributed by atoms with Crippen LogP contribution in [0.3, 0.4) is 0 Å². The molecular weight excluding hydrogens is 296 g/mol. The van der Waals surface area contributed by atoms with E-state index in [2.05, 4.69) is 19.2 Å². The summed E-state index contributed by atoms with van der Waals surface area (Å²) in [7, 11) is 0. The van der Waals surface area contributed by atoms with Crippen LogP contribution in [0, 0.1) is 11.8 Å². The molecule has 2 atom stereocenters. The van der Waals surface area contributed by atoms with Crippen LogP contribution in [0.5, 0.6) is 0 Å². The van der Waals surface area contributed by atoms with Gasteiger partial charge in [0.05, 0.1) is 18.5 Å². The molecule has 3 rings (SSSR count). The van der Waals surface area contributed by atoms with Crippen LogP contribution in [0.25, 0.3) is 0 Å². The molecule has 130 valence electrons. The minimum absolute atomic E-state index is 0.0106. The predicted octanol–water partition coefficient (Wildman–Crippen LogP) is 2.23. The molecule has 2 unspecified atom stereocenters. The first-order valence-corrected chi connectivity index (χ1v) is 8.87. The van der Waals surface area contributed by atoms with Gasteiger partial charge in [0.1, 0.15) is 5.60 Å². The second-order valence-electron chi connectivity index (χ2n) is 7.67. The van der Waals surface area contributed by atoms with Crippen LogP contribution in [-0.2, 0) is 9.53 Å². The van der Waals surface area contributed by atoms with E-state index in [-0.39, 0.29) is 29.6 Å². The summed E-state index contributed by atoms with van der Waals surface area (Å²) in [6.07, 6.45) is 4.94. The standard InChI is InChI=1S/C17H28N2O4/c1-11(2)14-17(8-3-9-23-17)10-19(14)16(22)18-13-6-4-12(5-7-13)15(20)21/h11-14H,3-10H2,1-2H3,(H,18,22)(H,20,21). The summed E-state index contributed by atoms with van der Waals surface area (Å²) < 4.78 is 5.97. The van der Waals surface area contributed by atoms with E-state index in [9.17, 15) is 9.59 Å². The third kappa shape index (κ3) is 3.05. The second-order valence-corrected chi connectivity index (χ2v) is 7.67. The van der Waals surface area contributed by atoms with E-state index < -0.39 is 5.97 Å². The summed E-state index contributed by atoms with van der Waals surface area (Å²) in [6.45, 7) is 5.78. The molecule has 1 aliphatic carbocycles. The summed E-state index contributed by atoms with van der Waals surface area (Å²) in [6, 6.07) is 0.246. The number of hydrogen-bond acceptors (Lipinski definition) is 3. The zero-order valence-corrected chi connectivity index (χ0v) is 14.1. The fourth-order valence-corrected chi connectivity index (χ4v) is 4.64. The number of carbonyl (C=O) groups is 2. The third-order valence-electron chi connectivity index (χ3n) is 5.74. The van der Waals surface area contributed by atoms with Crippen LogP contribution in [0.1, 0.15) is 52.4 Å². The van der Waals surface area contributed by atoms with Gasteiger partial charge >= 0.3 is 12.0 Å². The SMILES string of the molecule is CC(C)C1N(C(=O)NC2CCC(C(=O)O)CC2)CC12CCCO2. The normalized spacial score (nSPS) is 37.0. The maximum Gasteiger partial charge on any atom is 0.318 e. The largest absolute Gasteiger partial charge is 0.481 e. The average Bonchev–Trinajstić information content (AvgIpc) is 2.96. The Morgan fingerprint density at radius 3 is 2.48 bits per heavy atom. The van der Waals surface area contributed by atoms with E-state index in [1.54, 1.807) is 0 Å². The Hall–Kier alpha value is -1.30. The van der Waals surface area contributed by atoms with Gasteiger partial charge in [-0.15, -0.1) is 0 Å². The summed E-state index contributed by atoms with van der Waals surface area (Å²) in [4.78, 5) is 25.5. The van der Waals surface area contributed by atoms with Crippen molar-refractivity contribution in [2.75, 3.05) is 13.2 Å². The lowest BCUT2D eigenvalue weighted by Gasteiger charge is -2.56. The number of rotatable bonds is 3. The highest BCUT2D eigenvalue weighted by atomic mass is 16.5. The number of ether oxygens (including phenoxy) is 1. The molecule has 6 nitrogen and oxygen atoms in total. The van der Waals surface area contributed by atoms with E-state index in [4.69, 9.17) is 9.84 Å². The summed E-state index contributed by atoms with van der Waals surface area (Å²) >= 11 is 0. The molecule has 6 heteroatoms. The van der Waals surface area contributed by atoms with Crippen molar-refractivity contribution in [3.05, 3.63) is 0 Å². The van der Waals surface area contributed by atoms with Gasteiger partial charge < -0.3 is 20.1 Å². The fraction of sp³-hybridized carbons (Fsp3) is 0.882. The van der Waals surface area contributed by atoms with Crippen molar-refractivity contribution < 1.29 is 19.4 Å². The quantitative estimate of drug-likeness (QED) is 0.834. The molecule has 0 aromatic rings. The van der Waals surface area contributed by atoms with Gasteiger partial charge in [-0.3, -0.25) is 4.79 Å². The molecule has 2 saturated heterocycles. The average molecular weight is 324 g/mol. The summed E-state index contributed by atoms with van der Waals surface area (Å²) in [5.74, 6) is -0.584. The number of carboxylic acid groups (broad SMARTS) is 1. The van der Waals surface area contributed by atoms with Crippen molar-refractivity contribution in [2.45, 2.75) is 70.1 Å². The number of urea groups is 1. The molecular formula is C17H28N2O4. The molecule has 1 spiro atoms. The number of amides is 2. The highest BCUT2D eigenvalue weighted by Gasteiger charge is 2.58. The minimum atomic E-state index is -0.710. The first-order valence-electron chi connectivity index (χ1n) is 8.87. The van der Waals surface area contributed by atoms with Crippen molar-refractivity contribution in [2.24, 2.45) is 11.8 Å². The first-order chi connectivity index (χ1) is 10.9. The van der Waals surface area contributed by atoms with Crippen molar-refractivity contribution in [3.8, 4) is 0 Å². The van der Waals surface area contributed by atoms with Gasteiger partial charge in [0.2, 0.25) is 0 Å². The van der Waals surface area contributed by atoms with Crippen molar-refractivity contribution >= 4 is 12.0 Å². The predicted molar refractivity (Wildman–Crippen MR) is 85.2 cm³/mol. The molecule has 3 fully saturated rings. The lowest BCUT2D eigenvalue weighted by Crippen LogP contribution is -2.74. The Morgan fingerprint density at radius 2 is 1.96 bits per heavy atom. The summed E-state index contributed by atoms with van der Waals surface area (Å²) in [5, 5.41) is 12.2. The highest BCUT2D eigenvalue weighted by molar-refractivity contribution is 5.76. The number of nitrogens with zero attached hydrogens (tertiary/aromatic N) is 1. The van der Waals surface area contributed by atoms with E-state index in [1.807, 2.05) is 4.90 Å². The molecule has 2 N–H and O–H groups in total. The Bertz CT molecular complexity index is 465. The number of aliphatic carboxylic acids is 1. The minimum Gasteiger partial charge on any atom is -0.481 e. The van der Waals surface area contributed by atoms with Crippen molar-refractivity contribution in [1.29, 1.82) is 0 Å². The molecule has 0 bridgehead atoms. The lowest BCUT2D eigenvalue weighted by atomic mass is 9.75. The van der Waals surface area contributed by atoms with Gasteiger partial charge in [-0.2, -0.15) is 0 Å². The van der Waals surface area contributed by atoms with Crippen molar-refractivity contribution in [3.63, 3.8) is 0 Å². The van der Waals surface area contributed by atoms with E-state index in [0.29, 0.717) is 25.3 Å². The third-order valence-corrected chi connectivity index (χ3v) is 5.74. The van der Waals surface area contributed by atoms with Gasteiger partial charge in [0.15, 0.2) is 0 Å². The highest BCUT2D eigenvalue weighted by Crippen LogP contribution is 2.44. The van der Waals surface area contributed by atoms with Crippen LogP contribution in [0.4, 0.5) is 4.79 Å². The van der Waals surface area contributed by atoms with Gasteiger partial charge in [-0.05, 0) is 44.4 Å². The van der Waals surface area contributed by atoms with Crippen LogP contribution >= 0.6 is 0 Å². The molecule has 0 aromatic heterocycles. The molecule has 2 aliphatic heterocycles. The van der Waals surface area contributed by atoms with Crippen LogP contribution in [0.2, 0.25) is 0 Å². The molecule has 1 saturated carbocycles. The van der Waals surface area contributed by atoms with E-state index in [1.165, 1.54) is 0 Å². The first kappa shape index (κ1) is 16.6. The fourth-order valence-electron chi connectivity index (χ4n) is 4.64. The maximum absolute atomic E-state index is 12.6. The molecule has 3 aliphatic rings. The zero-order valence-electron chi connectivity index (χ0n) is 14.1. The Balaban J connectivity index is 1.54. The number of likely N-dealkylation sites (tertiary alicyclic amines) is 1. The Morgan fingerprint density at radius 1 is 1.26 bits per heavy atom. The van der Waals surface area contributed by atoms with Gasteiger partial charge in [-0.25, -0.2) is 4.79 Å². The number of nitrogens with one attached hydrogen (secondary N) is 1. The van der Waals surface area contributed by atoms with E-state index >= 15 is 0 Å². The lowest BCUT2D eigenvalue weighted by molar-refractivity contribution is -0.154. The second kappa shape index (κ2) is 6.30. The zero-order chi connectivity index (χ0) is 16.6. The van der Waals surface area contributed by atoms with Gasteiger partial charge in [0.25, 0.3) is 0 Å². The Labute approximate surface area is 137 Å². The van der Waals surface area contributed by atoms with E-state index in [0.717, 1.165) is 32.3 Å². The molecule has 2 heterocycles. The molecule has 0 radical (unpaired) electrons. The topological polar surface area (TPSA) is 78.9 Å². The Kier molecular flexibility index (Phi) is 4.54. The molecule has 23 heavy (non-hydrogen) atoms. The van der Waals surface area contributed by atoms with Gasteiger partial charge in [0, 0.05) is 12.6 Å². The number of carbonyl (C=O) groups excluding carboxylic acids is 1. The number of carboxylic acids is 1. The van der Waals surface area contributed by atoms with Crippen LogP contribution in [-0.4, -0.2) is 52.8 Å². The van der Waals surface area contributed by atoms with Gasteiger partial charge in [-0.1, -0.05) is 13.8 Å². The van der Waals surface area contributed by atoms with Crippen molar-refractivity contribution in [1.82, 2.24) is 10.2 Å². The van der Waals surface area contributed by atoms with Crippen LogP contribution in [0.15, 0.2) is 0 Å². The van der Waals surface area contributed by atoms with Crippen LogP contribution < -0.4 is 5.32 Å². The number of hydrogen-bond donors (Lipinski definition) is 2. The summed E-state index contributed by atoms with van der Waals surface area (Å²) in [5.41, 5.74) is -0.119.